The molecule has 2 heteroatoms. The summed E-state index contributed by atoms with van der Waals surface area (Å²) in [7, 11) is 0. The lowest BCUT2D eigenvalue weighted by Crippen LogP contribution is -2.57. The third-order valence-corrected chi connectivity index (χ3v) is 2.90. The molecule has 1 fully saturated rings. The van der Waals surface area contributed by atoms with Gasteiger partial charge in [0.25, 0.3) is 0 Å². The minimum absolute atomic E-state index is 0.116. The van der Waals surface area contributed by atoms with E-state index in [1.165, 1.54) is 11.1 Å². The highest BCUT2D eigenvalue weighted by molar-refractivity contribution is 5.87. The van der Waals surface area contributed by atoms with Gasteiger partial charge in [-0.25, -0.2) is 0 Å². The van der Waals surface area contributed by atoms with Crippen LogP contribution in [0.2, 0.25) is 0 Å². The number of hydrogen-bond donors (Lipinski definition) is 1. The average Bonchev–Trinajstić information content (AvgIpc) is 2.26. The zero-order chi connectivity index (χ0) is 10.8. The first kappa shape index (κ1) is 9.97. The lowest BCUT2D eigenvalue weighted by atomic mass is 9.86. The van der Waals surface area contributed by atoms with E-state index in [0.29, 0.717) is 0 Å². The van der Waals surface area contributed by atoms with Gasteiger partial charge in [0.15, 0.2) is 0 Å². The highest BCUT2D eigenvalue weighted by Crippen LogP contribution is 2.22. The molecule has 0 saturated carbocycles. The van der Waals surface area contributed by atoms with E-state index in [1.807, 2.05) is 25.1 Å². The maximum absolute atomic E-state index is 11.1. The Morgan fingerprint density at radius 1 is 1.33 bits per heavy atom. The fourth-order valence-electron chi connectivity index (χ4n) is 1.87. The van der Waals surface area contributed by atoms with Crippen molar-refractivity contribution in [3.8, 4) is 0 Å². The summed E-state index contributed by atoms with van der Waals surface area (Å²) in [6.07, 6.45) is 2.13. The van der Waals surface area contributed by atoms with Crippen molar-refractivity contribution >= 4 is 12.0 Å². The normalized spacial score (nSPS) is 25.7. The summed E-state index contributed by atoms with van der Waals surface area (Å²) in [6, 6.07) is 10.4. The van der Waals surface area contributed by atoms with Crippen molar-refractivity contribution in [3.05, 3.63) is 41.5 Å². The Morgan fingerprint density at radius 2 is 2.00 bits per heavy atom. The van der Waals surface area contributed by atoms with E-state index in [0.717, 1.165) is 0 Å². The largest absolute Gasteiger partial charge is 0.349 e. The van der Waals surface area contributed by atoms with Gasteiger partial charge in [0.2, 0.25) is 5.91 Å². The van der Waals surface area contributed by atoms with Gasteiger partial charge < -0.3 is 5.32 Å². The SMILES string of the molecule is C/C(=C\c1ccccc1)[C@@H]1NC(=O)[C@@H]1C. The van der Waals surface area contributed by atoms with Crippen LogP contribution in [-0.2, 0) is 4.79 Å². The molecule has 0 radical (unpaired) electrons. The summed E-state index contributed by atoms with van der Waals surface area (Å²) in [4.78, 5) is 11.1. The fraction of sp³-hybridized carbons (Fsp3) is 0.308. The summed E-state index contributed by atoms with van der Waals surface area (Å²) in [5, 5.41) is 2.91. The maximum atomic E-state index is 11.1. The van der Waals surface area contributed by atoms with Gasteiger partial charge in [0.05, 0.1) is 12.0 Å². The molecule has 0 bridgehead atoms. The second-order valence-electron chi connectivity index (χ2n) is 4.07. The van der Waals surface area contributed by atoms with Crippen LogP contribution < -0.4 is 5.32 Å². The Kier molecular flexibility index (Phi) is 2.58. The summed E-state index contributed by atoms with van der Waals surface area (Å²) in [5.41, 5.74) is 2.40. The van der Waals surface area contributed by atoms with Gasteiger partial charge in [-0.1, -0.05) is 43.3 Å². The minimum Gasteiger partial charge on any atom is -0.349 e. The fourth-order valence-corrected chi connectivity index (χ4v) is 1.87. The van der Waals surface area contributed by atoms with Gasteiger partial charge in [0.1, 0.15) is 0 Å². The Hall–Kier alpha value is -1.57. The third kappa shape index (κ3) is 1.94. The van der Waals surface area contributed by atoms with Crippen LogP contribution in [0, 0.1) is 5.92 Å². The number of rotatable bonds is 2. The van der Waals surface area contributed by atoms with Crippen LogP contribution in [0.25, 0.3) is 6.08 Å². The maximum Gasteiger partial charge on any atom is 0.225 e. The van der Waals surface area contributed by atoms with E-state index in [2.05, 4.69) is 30.4 Å². The van der Waals surface area contributed by atoms with Crippen molar-refractivity contribution in [3.63, 3.8) is 0 Å². The molecule has 1 N–H and O–H groups in total. The summed E-state index contributed by atoms with van der Waals surface area (Å²) in [5.74, 6) is 0.269. The van der Waals surface area contributed by atoms with Gasteiger partial charge in [-0.05, 0) is 18.1 Å². The van der Waals surface area contributed by atoms with Gasteiger partial charge in [-0.2, -0.15) is 0 Å². The number of carbonyl (C=O) groups is 1. The molecule has 0 aromatic heterocycles. The molecule has 1 aromatic rings. The topological polar surface area (TPSA) is 29.1 Å². The molecule has 0 spiro atoms. The summed E-state index contributed by atoms with van der Waals surface area (Å²) in [6.45, 7) is 4.03. The van der Waals surface area contributed by atoms with Crippen LogP contribution in [0.3, 0.4) is 0 Å². The van der Waals surface area contributed by atoms with Gasteiger partial charge in [-0.3, -0.25) is 4.79 Å². The second kappa shape index (κ2) is 3.89. The summed E-state index contributed by atoms with van der Waals surface area (Å²) < 4.78 is 0. The van der Waals surface area contributed by atoms with Gasteiger partial charge in [-0.15, -0.1) is 0 Å². The second-order valence-corrected chi connectivity index (χ2v) is 4.07. The number of benzene rings is 1. The average molecular weight is 201 g/mol. The van der Waals surface area contributed by atoms with E-state index < -0.39 is 0 Å². The zero-order valence-corrected chi connectivity index (χ0v) is 9.03. The van der Waals surface area contributed by atoms with E-state index in [1.54, 1.807) is 0 Å². The first-order valence-electron chi connectivity index (χ1n) is 5.22. The van der Waals surface area contributed by atoms with Gasteiger partial charge >= 0.3 is 0 Å². The number of carbonyl (C=O) groups excluding carboxylic acids is 1. The van der Waals surface area contributed by atoms with Crippen molar-refractivity contribution in [2.75, 3.05) is 0 Å². The lowest BCUT2D eigenvalue weighted by molar-refractivity contribution is -0.132. The molecular formula is C13H15NO. The molecule has 78 valence electrons. The van der Waals surface area contributed by atoms with Gasteiger partial charge in [0, 0.05) is 0 Å². The van der Waals surface area contributed by atoms with Crippen molar-refractivity contribution in [2.45, 2.75) is 19.9 Å². The molecule has 2 nitrogen and oxygen atoms in total. The summed E-state index contributed by atoms with van der Waals surface area (Å²) >= 11 is 0. The van der Waals surface area contributed by atoms with E-state index in [-0.39, 0.29) is 17.9 Å². The molecule has 1 aromatic carbocycles. The standard InChI is InChI=1S/C13H15NO/c1-9(12-10(2)13(15)14-12)8-11-6-4-3-5-7-11/h3-8,10,12H,1-2H3,(H,14,15)/b9-8+/t10-,12+/m1/s1. The first-order valence-corrected chi connectivity index (χ1v) is 5.22. The van der Waals surface area contributed by atoms with Crippen molar-refractivity contribution in [1.29, 1.82) is 0 Å². The molecule has 1 aliphatic rings. The van der Waals surface area contributed by atoms with E-state index >= 15 is 0 Å². The molecule has 1 saturated heterocycles. The predicted molar refractivity (Wildman–Crippen MR) is 61.2 cm³/mol. The Morgan fingerprint density at radius 3 is 2.53 bits per heavy atom. The molecule has 1 heterocycles. The highest BCUT2D eigenvalue weighted by Gasteiger charge is 2.35. The smallest absolute Gasteiger partial charge is 0.225 e. The molecular weight excluding hydrogens is 186 g/mol. The molecule has 15 heavy (non-hydrogen) atoms. The highest BCUT2D eigenvalue weighted by atomic mass is 16.2. The lowest BCUT2D eigenvalue weighted by Gasteiger charge is -2.35. The van der Waals surface area contributed by atoms with Crippen LogP contribution in [0.1, 0.15) is 19.4 Å². The number of nitrogens with one attached hydrogen (secondary N) is 1. The van der Waals surface area contributed by atoms with Crippen molar-refractivity contribution in [2.24, 2.45) is 5.92 Å². The Labute approximate surface area is 90.0 Å². The molecule has 1 aliphatic heterocycles. The monoisotopic (exact) mass is 201 g/mol. The minimum atomic E-state index is 0.116. The van der Waals surface area contributed by atoms with Crippen LogP contribution >= 0.6 is 0 Å². The van der Waals surface area contributed by atoms with Crippen LogP contribution in [-0.4, -0.2) is 11.9 Å². The van der Waals surface area contributed by atoms with Crippen LogP contribution in [0.5, 0.6) is 0 Å². The zero-order valence-electron chi connectivity index (χ0n) is 9.03. The quantitative estimate of drug-likeness (QED) is 0.730. The van der Waals surface area contributed by atoms with Crippen molar-refractivity contribution < 1.29 is 4.79 Å². The van der Waals surface area contributed by atoms with Crippen LogP contribution in [0.4, 0.5) is 0 Å². The Bertz CT molecular complexity index is 394. The predicted octanol–water partition coefficient (Wildman–Crippen LogP) is 2.22. The van der Waals surface area contributed by atoms with E-state index in [9.17, 15) is 4.79 Å². The number of β-lactam (4-membered cyclic amide) rings is 1. The molecule has 2 atom stereocenters. The molecule has 0 aliphatic carbocycles. The number of amides is 1. The van der Waals surface area contributed by atoms with Crippen molar-refractivity contribution in [1.82, 2.24) is 5.32 Å². The molecule has 0 unspecified atom stereocenters. The van der Waals surface area contributed by atoms with E-state index in [4.69, 9.17) is 0 Å². The van der Waals surface area contributed by atoms with Crippen LogP contribution in [0.15, 0.2) is 35.9 Å². The molecule has 1 amide bonds. The Balaban J connectivity index is 2.12. The molecule has 2 rings (SSSR count). The first-order chi connectivity index (χ1) is 7.18. The number of hydrogen-bond acceptors (Lipinski definition) is 1. The third-order valence-electron chi connectivity index (χ3n) is 2.90.